The predicted molar refractivity (Wildman–Crippen MR) is 101 cm³/mol. The first-order chi connectivity index (χ1) is 12.0. The van der Waals surface area contributed by atoms with Crippen LogP contribution < -0.4 is 14.8 Å². The summed E-state index contributed by atoms with van der Waals surface area (Å²) in [7, 11) is 0. The van der Waals surface area contributed by atoms with Gasteiger partial charge in [-0.2, -0.15) is 0 Å². The molecule has 4 nitrogen and oxygen atoms in total. The van der Waals surface area contributed by atoms with Crippen LogP contribution in [0.4, 0.5) is 5.69 Å². The fraction of sp³-hybridized carbons (Fsp3) is 0.381. The molecule has 0 spiro atoms. The fourth-order valence-corrected chi connectivity index (χ4v) is 2.23. The van der Waals surface area contributed by atoms with Gasteiger partial charge in [-0.05, 0) is 49.1 Å². The van der Waals surface area contributed by atoms with E-state index in [9.17, 15) is 4.79 Å². The van der Waals surface area contributed by atoms with Gasteiger partial charge in [0.2, 0.25) is 0 Å². The van der Waals surface area contributed by atoms with Gasteiger partial charge in [-0.3, -0.25) is 4.79 Å². The summed E-state index contributed by atoms with van der Waals surface area (Å²) in [6.07, 6.45) is 0.388. The lowest BCUT2D eigenvalue weighted by Crippen LogP contribution is -2.30. The minimum Gasteiger partial charge on any atom is -0.493 e. The number of ether oxygens (including phenoxy) is 2. The molecule has 0 bridgehead atoms. The highest BCUT2D eigenvalue weighted by atomic mass is 16.5. The minimum absolute atomic E-state index is 0.194. The smallest absolute Gasteiger partial charge is 0.265 e. The van der Waals surface area contributed by atoms with Crippen molar-refractivity contribution in [3.63, 3.8) is 0 Å². The van der Waals surface area contributed by atoms with Crippen LogP contribution in [0.25, 0.3) is 0 Å². The van der Waals surface area contributed by atoms with Crippen LogP contribution in [0.2, 0.25) is 0 Å². The van der Waals surface area contributed by atoms with E-state index in [-0.39, 0.29) is 5.91 Å². The lowest BCUT2D eigenvalue weighted by atomic mass is 10.2. The van der Waals surface area contributed by atoms with E-state index in [1.165, 1.54) is 5.56 Å². The predicted octanol–water partition coefficient (Wildman–Crippen LogP) is 4.69. The maximum absolute atomic E-state index is 12.3. The second kappa shape index (κ2) is 9.11. The summed E-state index contributed by atoms with van der Waals surface area (Å²) in [4.78, 5) is 12.3. The Morgan fingerprint density at radius 3 is 2.40 bits per heavy atom. The Kier molecular flexibility index (Phi) is 6.87. The minimum atomic E-state index is -0.590. The van der Waals surface area contributed by atoms with Gasteiger partial charge in [-0.15, -0.1) is 0 Å². The molecule has 0 fully saturated rings. The van der Waals surface area contributed by atoms with Gasteiger partial charge in [0.05, 0.1) is 6.61 Å². The number of rotatable bonds is 8. The third-order valence-electron chi connectivity index (χ3n) is 3.70. The summed E-state index contributed by atoms with van der Waals surface area (Å²) in [5.74, 6) is 1.69. The number of hydrogen-bond donors (Lipinski definition) is 1. The molecule has 1 atom stereocenters. The van der Waals surface area contributed by atoms with Gasteiger partial charge < -0.3 is 14.8 Å². The number of nitrogens with one attached hydrogen (secondary N) is 1. The molecule has 0 saturated carbocycles. The van der Waals surface area contributed by atoms with Gasteiger partial charge in [-0.25, -0.2) is 0 Å². The van der Waals surface area contributed by atoms with Crippen LogP contribution in [0.15, 0.2) is 48.5 Å². The molecular formula is C21H27NO3. The van der Waals surface area contributed by atoms with Gasteiger partial charge in [0.15, 0.2) is 6.10 Å². The highest BCUT2D eigenvalue weighted by molar-refractivity contribution is 5.94. The molecule has 0 aliphatic heterocycles. The Morgan fingerprint density at radius 1 is 1.04 bits per heavy atom. The summed E-state index contributed by atoms with van der Waals surface area (Å²) in [6.45, 7) is 8.67. The molecule has 2 aromatic carbocycles. The first-order valence-electron chi connectivity index (χ1n) is 8.77. The van der Waals surface area contributed by atoms with Gasteiger partial charge in [0.25, 0.3) is 5.91 Å². The van der Waals surface area contributed by atoms with Crippen LogP contribution in [0.1, 0.15) is 33.3 Å². The first-order valence-corrected chi connectivity index (χ1v) is 8.77. The SMILES string of the molecule is CCc1ccc(OC(C)C(=O)Nc2cccc(OCC(C)C)c2)cc1. The Balaban J connectivity index is 1.92. The molecule has 2 rings (SSSR count). The third-order valence-corrected chi connectivity index (χ3v) is 3.70. The second-order valence-corrected chi connectivity index (χ2v) is 6.48. The zero-order chi connectivity index (χ0) is 18.2. The van der Waals surface area contributed by atoms with Crippen LogP contribution in [0.5, 0.6) is 11.5 Å². The molecule has 0 saturated heterocycles. The molecular weight excluding hydrogens is 314 g/mol. The molecule has 1 N–H and O–H groups in total. The number of aryl methyl sites for hydroxylation is 1. The Bertz CT molecular complexity index is 680. The van der Waals surface area contributed by atoms with Crippen LogP contribution in [-0.2, 0) is 11.2 Å². The molecule has 4 heteroatoms. The van der Waals surface area contributed by atoms with Crippen molar-refractivity contribution in [3.05, 3.63) is 54.1 Å². The summed E-state index contributed by atoms with van der Waals surface area (Å²) in [5.41, 5.74) is 1.94. The van der Waals surface area contributed by atoms with Crippen LogP contribution >= 0.6 is 0 Å². The summed E-state index contributed by atoms with van der Waals surface area (Å²) in [6, 6.07) is 15.2. The fourth-order valence-electron chi connectivity index (χ4n) is 2.23. The van der Waals surface area contributed by atoms with E-state index in [4.69, 9.17) is 9.47 Å². The molecule has 0 heterocycles. The maximum Gasteiger partial charge on any atom is 0.265 e. The average Bonchev–Trinajstić information content (AvgIpc) is 2.61. The van der Waals surface area contributed by atoms with Crippen molar-refractivity contribution in [1.82, 2.24) is 0 Å². The molecule has 0 radical (unpaired) electrons. The molecule has 0 aromatic heterocycles. The molecule has 25 heavy (non-hydrogen) atoms. The summed E-state index contributed by atoms with van der Waals surface area (Å²) in [5, 5.41) is 2.87. The molecule has 1 unspecified atom stereocenters. The largest absolute Gasteiger partial charge is 0.493 e. The van der Waals surface area contributed by atoms with Crippen molar-refractivity contribution in [1.29, 1.82) is 0 Å². The van der Waals surface area contributed by atoms with Gasteiger partial charge in [0, 0.05) is 11.8 Å². The molecule has 134 valence electrons. The topological polar surface area (TPSA) is 47.6 Å². The second-order valence-electron chi connectivity index (χ2n) is 6.48. The number of carbonyl (C=O) groups excluding carboxylic acids is 1. The standard InChI is InChI=1S/C21H27NO3/c1-5-17-9-11-19(12-10-17)25-16(4)21(23)22-18-7-6-8-20(13-18)24-14-15(2)3/h6-13,15-16H,5,14H2,1-4H3,(H,22,23). The van der Waals surface area contributed by atoms with Gasteiger partial charge in [-0.1, -0.05) is 39.0 Å². The lowest BCUT2D eigenvalue weighted by molar-refractivity contribution is -0.122. The number of hydrogen-bond acceptors (Lipinski definition) is 3. The van der Waals surface area contributed by atoms with Crippen molar-refractivity contribution < 1.29 is 14.3 Å². The van der Waals surface area contributed by atoms with Crippen molar-refractivity contribution in [3.8, 4) is 11.5 Å². The van der Waals surface area contributed by atoms with E-state index in [0.29, 0.717) is 24.0 Å². The quantitative estimate of drug-likeness (QED) is 0.758. The normalized spacial score (nSPS) is 11.9. The lowest BCUT2D eigenvalue weighted by Gasteiger charge is -2.16. The maximum atomic E-state index is 12.3. The van der Waals surface area contributed by atoms with E-state index >= 15 is 0 Å². The Labute approximate surface area is 150 Å². The van der Waals surface area contributed by atoms with Crippen LogP contribution in [-0.4, -0.2) is 18.6 Å². The van der Waals surface area contributed by atoms with E-state index < -0.39 is 6.10 Å². The first kappa shape index (κ1) is 18.8. The zero-order valence-electron chi connectivity index (χ0n) is 15.4. The molecule has 2 aromatic rings. The molecule has 0 aliphatic rings. The van der Waals surface area contributed by atoms with Crippen molar-refractivity contribution in [2.75, 3.05) is 11.9 Å². The zero-order valence-corrected chi connectivity index (χ0v) is 15.4. The third kappa shape index (κ3) is 6.14. The van der Waals surface area contributed by atoms with Crippen molar-refractivity contribution in [2.24, 2.45) is 5.92 Å². The number of anilines is 1. The highest BCUT2D eigenvalue weighted by Gasteiger charge is 2.15. The van der Waals surface area contributed by atoms with Crippen LogP contribution in [0, 0.1) is 5.92 Å². The van der Waals surface area contributed by atoms with Crippen molar-refractivity contribution >= 4 is 11.6 Å². The van der Waals surface area contributed by atoms with E-state index in [2.05, 4.69) is 26.1 Å². The number of amides is 1. The van der Waals surface area contributed by atoms with Gasteiger partial charge >= 0.3 is 0 Å². The van der Waals surface area contributed by atoms with E-state index in [0.717, 1.165) is 12.2 Å². The molecule has 1 amide bonds. The van der Waals surface area contributed by atoms with Crippen LogP contribution in [0.3, 0.4) is 0 Å². The Hall–Kier alpha value is -2.49. The Morgan fingerprint density at radius 2 is 1.76 bits per heavy atom. The monoisotopic (exact) mass is 341 g/mol. The van der Waals surface area contributed by atoms with E-state index in [1.54, 1.807) is 6.92 Å². The number of benzene rings is 2. The summed E-state index contributed by atoms with van der Waals surface area (Å²) >= 11 is 0. The summed E-state index contributed by atoms with van der Waals surface area (Å²) < 4.78 is 11.4. The van der Waals surface area contributed by atoms with Crippen molar-refractivity contribution in [2.45, 2.75) is 40.2 Å². The van der Waals surface area contributed by atoms with E-state index in [1.807, 2.05) is 48.5 Å². The number of carbonyl (C=O) groups is 1. The molecule has 0 aliphatic carbocycles. The highest BCUT2D eigenvalue weighted by Crippen LogP contribution is 2.19. The average molecular weight is 341 g/mol. The van der Waals surface area contributed by atoms with Gasteiger partial charge in [0.1, 0.15) is 11.5 Å².